The molecule has 0 saturated heterocycles. The average Bonchev–Trinajstić information content (AvgIpc) is 2.49. The first-order chi connectivity index (χ1) is 10.1. The lowest BCUT2D eigenvalue weighted by Gasteiger charge is -2.25. The first-order valence-electron chi connectivity index (χ1n) is 7.37. The molecular formula is C18H23ClN2. The maximum Gasteiger partial charge on any atom is 0.0453 e. The highest BCUT2D eigenvalue weighted by molar-refractivity contribution is 6.31. The van der Waals surface area contributed by atoms with E-state index in [1.807, 2.05) is 30.3 Å². The van der Waals surface area contributed by atoms with Crippen molar-refractivity contribution in [3.05, 3.63) is 64.7 Å². The molecule has 0 aliphatic rings. The van der Waals surface area contributed by atoms with Gasteiger partial charge in [0.2, 0.25) is 0 Å². The van der Waals surface area contributed by atoms with E-state index in [-0.39, 0.29) is 0 Å². The highest BCUT2D eigenvalue weighted by Gasteiger charge is 2.13. The fourth-order valence-corrected chi connectivity index (χ4v) is 2.76. The molecule has 0 bridgehead atoms. The van der Waals surface area contributed by atoms with Crippen molar-refractivity contribution in [1.82, 2.24) is 4.90 Å². The van der Waals surface area contributed by atoms with Crippen molar-refractivity contribution in [2.75, 3.05) is 19.3 Å². The zero-order chi connectivity index (χ0) is 15.2. The van der Waals surface area contributed by atoms with Crippen molar-refractivity contribution >= 4 is 17.3 Å². The Kier molecular flexibility index (Phi) is 5.66. The van der Waals surface area contributed by atoms with Gasteiger partial charge in [0, 0.05) is 16.8 Å². The number of hydrogen-bond donors (Lipinski definition) is 1. The van der Waals surface area contributed by atoms with E-state index in [4.69, 9.17) is 17.3 Å². The minimum atomic E-state index is 0.324. The lowest BCUT2D eigenvalue weighted by molar-refractivity contribution is 0.258. The number of nitrogens with two attached hydrogens (primary N) is 1. The Bertz CT molecular complexity index is 566. The molecule has 0 aliphatic heterocycles. The second-order valence-electron chi connectivity index (χ2n) is 5.52. The quantitative estimate of drug-likeness (QED) is 0.793. The Morgan fingerprint density at radius 3 is 2.43 bits per heavy atom. The van der Waals surface area contributed by atoms with Gasteiger partial charge in [0.15, 0.2) is 0 Å². The van der Waals surface area contributed by atoms with E-state index in [1.165, 1.54) is 11.1 Å². The third kappa shape index (κ3) is 4.48. The predicted molar refractivity (Wildman–Crippen MR) is 91.7 cm³/mol. The van der Waals surface area contributed by atoms with Gasteiger partial charge in [-0.05, 0) is 62.7 Å². The molecule has 2 nitrogen and oxygen atoms in total. The Labute approximate surface area is 132 Å². The summed E-state index contributed by atoms with van der Waals surface area (Å²) in [6.45, 7) is 3.24. The number of aryl methyl sites for hydroxylation is 1. The topological polar surface area (TPSA) is 29.3 Å². The molecule has 0 aromatic heterocycles. The number of halogens is 1. The summed E-state index contributed by atoms with van der Waals surface area (Å²) in [5.41, 5.74) is 9.05. The SMILES string of the molecule is CC(c1ccccc1Cl)N(C)CCCc1ccc(N)cc1. The van der Waals surface area contributed by atoms with E-state index in [0.717, 1.165) is 30.1 Å². The lowest BCUT2D eigenvalue weighted by atomic mass is 10.1. The Hall–Kier alpha value is -1.51. The second-order valence-corrected chi connectivity index (χ2v) is 5.93. The summed E-state index contributed by atoms with van der Waals surface area (Å²) in [5.74, 6) is 0. The first kappa shape index (κ1) is 15.9. The highest BCUT2D eigenvalue weighted by atomic mass is 35.5. The number of benzene rings is 2. The monoisotopic (exact) mass is 302 g/mol. The molecule has 0 saturated carbocycles. The van der Waals surface area contributed by atoms with Crippen LogP contribution in [0.3, 0.4) is 0 Å². The zero-order valence-corrected chi connectivity index (χ0v) is 13.5. The standard InChI is InChI=1S/C18H23ClN2/c1-14(17-7-3-4-8-18(17)19)21(2)13-5-6-15-9-11-16(20)12-10-15/h3-4,7-12,14H,5-6,13,20H2,1-2H3. The van der Waals surface area contributed by atoms with E-state index < -0.39 is 0 Å². The van der Waals surface area contributed by atoms with Crippen molar-refractivity contribution in [1.29, 1.82) is 0 Å². The molecule has 2 aromatic carbocycles. The molecule has 0 spiro atoms. The number of nitrogen functional groups attached to an aromatic ring is 1. The minimum absolute atomic E-state index is 0.324. The van der Waals surface area contributed by atoms with Crippen molar-refractivity contribution in [2.45, 2.75) is 25.8 Å². The molecular weight excluding hydrogens is 280 g/mol. The molecule has 21 heavy (non-hydrogen) atoms. The molecule has 1 atom stereocenters. The third-order valence-corrected chi connectivity index (χ3v) is 4.32. The highest BCUT2D eigenvalue weighted by Crippen LogP contribution is 2.26. The van der Waals surface area contributed by atoms with Crippen LogP contribution in [0.2, 0.25) is 5.02 Å². The number of nitrogens with zero attached hydrogens (tertiary/aromatic N) is 1. The van der Waals surface area contributed by atoms with Gasteiger partial charge in [0.05, 0.1) is 0 Å². The van der Waals surface area contributed by atoms with Gasteiger partial charge in [-0.15, -0.1) is 0 Å². The maximum absolute atomic E-state index is 6.27. The Morgan fingerprint density at radius 1 is 1.10 bits per heavy atom. The van der Waals surface area contributed by atoms with Gasteiger partial charge in [0.25, 0.3) is 0 Å². The molecule has 2 N–H and O–H groups in total. The van der Waals surface area contributed by atoms with Crippen molar-refractivity contribution in [2.24, 2.45) is 0 Å². The fourth-order valence-electron chi connectivity index (χ4n) is 2.46. The van der Waals surface area contributed by atoms with Gasteiger partial charge in [-0.25, -0.2) is 0 Å². The summed E-state index contributed by atoms with van der Waals surface area (Å²) in [7, 11) is 2.15. The summed E-state index contributed by atoms with van der Waals surface area (Å²) >= 11 is 6.27. The number of hydrogen-bond acceptors (Lipinski definition) is 2. The molecule has 1 unspecified atom stereocenters. The number of anilines is 1. The van der Waals surface area contributed by atoms with Crippen LogP contribution in [0.4, 0.5) is 5.69 Å². The summed E-state index contributed by atoms with van der Waals surface area (Å²) in [6.07, 6.45) is 2.19. The van der Waals surface area contributed by atoms with Crippen molar-refractivity contribution < 1.29 is 0 Å². The summed E-state index contributed by atoms with van der Waals surface area (Å²) in [6, 6.07) is 16.5. The zero-order valence-electron chi connectivity index (χ0n) is 12.7. The lowest BCUT2D eigenvalue weighted by Crippen LogP contribution is -2.24. The van der Waals surface area contributed by atoms with Crippen molar-refractivity contribution in [3.8, 4) is 0 Å². The van der Waals surface area contributed by atoms with Gasteiger partial charge < -0.3 is 5.73 Å². The van der Waals surface area contributed by atoms with Crippen LogP contribution in [0.25, 0.3) is 0 Å². The Morgan fingerprint density at radius 2 is 1.76 bits per heavy atom. The van der Waals surface area contributed by atoms with Crippen LogP contribution in [0.15, 0.2) is 48.5 Å². The summed E-state index contributed by atoms with van der Waals surface area (Å²) in [5, 5.41) is 0.843. The summed E-state index contributed by atoms with van der Waals surface area (Å²) in [4.78, 5) is 2.35. The van der Waals surface area contributed by atoms with Crippen LogP contribution in [0.5, 0.6) is 0 Å². The smallest absolute Gasteiger partial charge is 0.0453 e. The molecule has 2 rings (SSSR count). The van der Waals surface area contributed by atoms with E-state index in [0.29, 0.717) is 6.04 Å². The largest absolute Gasteiger partial charge is 0.399 e. The fraction of sp³-hybridized carbons (Fsp3) is 0.333. The molecule has 112 valence electrons. The molecule has 3 heteroatoms. The van der Waals surface area contributed by atoms with Gasteiger partial charge in [-0.3, -0.25) is 4.90 Å². The van der Waals surface area contributed by atoms with Crippen LogP contribution >= 0.6 is 11.6 Å². The maximum atomic E-state index is 6.27. The number of rotatable bonds is 6. The summed E-state index contributed by atoms with van der Waals surface area (Å²) < 4.78 is 0. The van der Waals surface area contributed by atoms with E-state index >= 15 is 0 Å². The molecule has 0 fully saturated rings. The third-order valence-electron chi connectivity index (χ3n) is 3.97. The molecule has 0 radical (unpaired) electrons. The van der Waals surface area contributed by atoms with E-state index in [1.54, 1.807) is 0 Å². The molecule has 0 aliphatic carbocycles. The predicted octanol–water partition coefficient (Wildman–Crippen LogP) is 4.55. The molecule has 2 aromatic rings. The van der Waals surface area contributed by atoms with Gasteiger partial charge in [-0.2, -0.15) is 0 Å². The van der Waals surface area contributed by atoms with Crippen LogP contribution in [0, 0.1) is 0 Å². The first-order valence-corrected chi connectivity index (χ1v) is 7.75. The van der Waals surface area contributed by atoms with E-state index in [2.05, 4.69) is 37.1 Å². The van der Waals surface area contributed by atoms with Crippen LogP contribution < -0.4 is 5.73 Å². The normalized spacial score (nSPS) is 12.6. The van der Waals surface area contributed by atoms with Gasteiger partial charge >= 0.3 is 0 Å². The van der Waals surface area contributed by atoms with E-state index in [9.17, 15) is 0 Å². The van der Waals surface area contributed by atoms with Crippen LogP contribution in [-0.2, 0) is 6.42 Å². The van der Waals surface area contributed by atoms with Gasteiger partial charge in [-0.1, -0.05) is 41.9 Å². The van der Waals surface area contributed by atoms with Crippen LogP contribution in [0.1, 0.15) is 30.5 Å². The molecule has 0 amide bonds. The Balaban J connectivity index is 1.85. The van der Waals surface area contributed by atoms with Crippen molar-refractivity contribution in [3.63, 3.8) is 0 Å². The molecule has 0 heterocycles. The van der Waals surface area contributed by atoms with Crippen LogP contribution in [-0.4, -0.2) is 18.5 Å². The second kappa shape index (κ2) is 7.48. The average molecular weight is 303 g/mol. The minimum Gasteiger partial charge on any atom is -0.399 e. The van der Waals surface area contributed by atoms with Gasteiger partial charge in [0.1, 0.15) is 0 Å².